The predicted molar refractivity (Wildman–Crippen MR) is 86.1 cm³/mol. The molecule has 0 spiro atoms. The van der Waals surface area contributed by atoms with Gasteiger partial charge in [0.25, 0.3) is 0 Å². The number of nitrogens with zero attached hydrogens (tertiary/aromatic N) is 2. The fourth-order valence-electron chi connectivity index (χ4n) is 2.45. The number of rotatable bonds is 4. The molecule has 7 heteroatoms. The molecular weight excluding hydrogens is 302 g/mol. The summed E-state index contributed by atoms with van der Waals surface area (Å²) in [6.45, 7) is 2.67. The smallest absolute Gasteiger partial charge is 0.244 e. The van der Waals surface area contributed by atoms with Crippen LogP contribution in [0.25, 0.3) is 0 Å². The van der Waals surface area contributed by atoms with Crippen LogP contribution in [0.1, 0.15) is 24.0 Å². The maximum absolute atomic E-state index is 12.1. The molecule has 1 fully saturated rings. The van der Waals surface area contributed by atoms with Crippen LogP contribution in [0.5, 0.6) is 0 Å². The van der Waals surface area contributed by atoms with E-state index >= 15 is 0 Å². The molecule has 0 aliphatic carbocycles. The van der Waals surface area contributed by atoms with Crippen molar-refractivity contribution in [3.8, 4) is 0 Å². The number of aryl methyl sites for hydroxylation is 1. The summed E-state index contributed by atoms with van der Waals surface area (Å²) in [6.07, 6.45) is 4.14. The van der Waals surface area contributed by atoms with Gasteiger partial charge in [-0.2, -0.15) is 5.10 Å². The summed E-state index contributed by atoms with van der Waals surface area (Å²) >= 11 is 0. The number of nitrogens with one attached hydrogen (secondary N) is 1. The largest absolute Gasteiger partial charge is 0.273 e. The molecule has 120 valence electrons. The van der Waals surface area contributed by atoms with Crippen LogP contribution in [0.15, 0.2) is 29.4 Å². The van der Waals surface area contributed by atoms with Gasteiger partial charge in [-0.15, -0.1) is 0 Å². The van der Waals surface area contributed by atoms with E-state index in [9.17, 15) is 13.2 Å². The number of carbonyl (C=O) groups excluding carboxylic acids is 1. The highest BCUT2D eigenvalue weighted by atomic mass is 32.2. The molecule has 0 aromatic heterocycles. The second kappa shape index (κ2) is 7.02. The molecule has 1 atom stereocenters. The molecule has 0 radical (unpaired) electrons. The summed E-state index contributed by atoms with van der Waals surface area (Å²) in [6, 6.07) is 7.72. The van der Waals surface area contributed by atoms with E-state index in [4.69, 9.17) is 0 Å². The quantitative estimate of drug-likeness (QED) is 0.666. The number of piperidine rings is 1. The Bertz CT molecular complexity index is 670. The van der Waals surface area contributed by atoms with Gasteiger partial charge in [-0.05, 0) is 30.9 Å². The molecule has 1 aromatic rings. The second-order valence-electron chi connectivity index (χ2n) is 5.55. The number of benzene rings is 1. The summed E-state index contributed by atoms with van der Waals surface area (Å²) in [5.74, 6) is -0.587. The summed E-state index contributed by atoms with van der Waals surface area (Å²) in [5.41, 5.74) is 4.51. The molecule has 1 saturated heterocycles. The standard InChI is InChI=1S/C15H21N3O3S/c1-12-6-3-4-7-13(12)10-16-17-15(19)14-8-5-9-18(11-14)22(2,20)21/h3-4,6-7,10,14H,5,8-9,11H2,1-2H3,(H,17,19). The third-order valence-corrected chi connectivity index (χ3v) is 5.06. The van der Waals surface area contributed by atoms with E-state index in [2.05, 4.69) is 10.5 Å². The second-order valence-corrected chi connectivity index (χ2v) is 7.53. The number of amides is 1. The van der Waals surface area contributed by atoms with Gasteiger partial charge < -0.3 is 0 Å². The molecule has 2 rings (SSSR count). The van der Waals surface area contributed by atoms with Gasteiger partial charge in [-0.1, -0.05) is 24.3 Å². The Morgan fingerprint density at radius 3 is 2.82 bits per heavy atom. The van der Waals surface area contributed by atoms with Gasteiger partial charge in [0.15, 0.2) is 0 Å². The van der Waals surface area contributed by atoms with Crippen LogP contribution in [0.2, 0.25) is 0 Å². The van der Waals surface area contributed by atoms with Crippen molar-refractivity contribution in [3.63, 3.8) is 0 Å². The van der Waals surface area contributed by atoms with Crippen molar-refractivity contribution in [1.82, 2.24) is 9.73 Å². The Kier molecular flexibility index (Phi) is 5.31. The maximum atomic E-state index is 12.1. The Morgan fingerprint density at radius 1 is 1.41 bits per heavy atom. The average molecular weight is 323 g/mol. The summed E-state index contributed by atoms with van der Waals surface area (Å²) in [4.78, 5) is 12.1. The fraction of sp³-hybridized carbons (Fsp3) is 0.467. The molecule has 0 bridgehead atoms. The van der Waals surface area contributed by atoms with Gasteiger partial charge in [-0.25, -0.2) is 18.1 Å². The normalized spacial score (nSPS) is 20.2. The molecule has 22 heavy (non-hydrogen) atoms. The van der Waals surface area contributed by atoms with Crippen LogP contribution in [-0.2, 0) is 14.8 Å². The van der Waals surface area contributed by atoms with Gasteiger partial charge in [0, 0.05) is 13.1 Å². The predicted octanol–water partition coefficient (Wildman–Crippen LogP) is 1.12. The number of sulfonamides is 1. The topological polar surface area (TPSA) is 78.8 Å². The van der Waals surface area contributed by atoms with Crippen molar-refractivity contribution in [2.24, 2.45) is 11.0 Å². The number of hydrogen-bond acceptors (Lipinski definition) is 4. The van der Waals surface area contributed by atoms with E-state index in [-0.39, 0.29) is 18.4 Å². The molecular formula is C15H21N3O3S. The lowest BCUT2D eigenvalue weighted by Gasteiger charge is -2.29. The summed E-state index contributed by atoms with van der Waals surface area (Å²) in [7, 11) is -3.25. The first-order valence-corrected chi connectivity index (χ1v) is 9.06. The van der Waals surface area contributed by atoms with Crippen molar-refractivity contribution in [2.45, 2.75) is 19.8 Å². The Balaban J connectivity index is 1.94. The highest BCUT2D eigenvalue weighted by molar-refractivity contribution is 7.88. The Morgan fingerprint density at radius 2 is 2.14 bits per heavy atom. The fourth-order valence-corrected chi connectivity index (χ4v) is 3.36. The number of carbonyl (C=O) groups is 1. The molecule has 6 nitrogen and oxygen atoms in total. The summed E-state index contributed by atoms with van der Waals surface area (Å²) in [5, 5.41) is 3.97. The Labute approximate surface area is 131 Å². The molecule has 1 N–H and O–H groups in total. The summed E-state index contributed by atoms with van der Waals surface area (Å²) < 4.78 is 24.5. The number of hydrogen-bond donors (Lipinski definition) is 1. The zero-order chi connectivity index (χ0) is 16.2. The van der Waals surface area contributed by atoms with E-state index < -0.39 is 10.0 Å². The van der Waals surface area contributed by atoms with Crippen molar-refractivity contribution < 1.29 is 13.2 Å². The molecule has 1 amide bonds. The van der Waals surface area contributed by atoms with Crippen LogP contribution in [-0.4, -0.2) is 44.2 Å². The maximum Gasteiger partial charge on any atom is 0.244 e. The van der Waals surface area contributed by atoms with E-state index in [0.717, 1.165) is 11.1 Å². The van der Waals surface area contributed by atoms with Crippen molar-refractivity contribution >= 4 is 22.1 Å². The van der Waals surface area contributed by atoms with Crippen LogP contribution in [0.4, 0.5) is 0 Å². The molecule has 1 heterocycles. The van der Waals surface area contributed by atoms with Crippen LogP contribution in [0.3, 0.4) is 0 Å². The third-order valence-electron chi connectivity index (χ3n) is 3.79. The molecule has 1 aliphatic heterocycles. The van der Waals surface area contributed by atoms with E-state index in [1.54, 1.807) is 6.21 Å². The van der Waals surface area contributed by atoms with E-state index in [1.165, 1.54) is 10.6 Å². The minimum absolute atomic E-state index is 0.227. The van der Waals surface area contributed by atoms with Gasteiger partial charge in [-0.3, -0.25) is 4.79 Å². The van der Waals surface area contributed by atoms with Crippen molar-refractivity contribution in [1.29, 1.82) is 0 Å². The third kappa shape index (κ3) is 4.38. The highest BCUT2D eigenvalue weighted by Crippen LogP contribution is 2.18. The van der Waals surface area contributed by atoms with Gasteiger partial charge in [0.2, 0.25) is 15.9 Å². The lowest BCUT2D eigenvalue weighted by molar-refractivity contribution is -0.126. The van der Waals surface area contributed by atoms with Gasteiger partial charge in [0.1, 0.15) is 0 Å². The highest BCUT2D eigenvalue weighted by Gasteiger charge is 2.29. The lowest BCUT2D eigenvalue weighted by atomic mass is 9.99. The van der Waals surface area contributed by atoms with E-state index in [0.29, 0.717) is 19.4 Å². The minimum Gasteiger partial charge on any atom is -0.273 e. The Hall–Kier alpha value is -1.73. The zero-order valence-electron chi connectivity index (χ0n) is 12.8. The minimum atomic E-state index is -3.25. The van der Waals surface area contributed by atoms with Gasteiger partial charge >= 0.3 is 0 Å². The number of hydrazone groups is 1. The van der Waals surface area contributed by atoms with Crippen LogP contribution in [0, 0.1) is 12.8 Å². The molecule has 1 aromatic carbocycles. The first kappa shape index (κ1) is 16.6. The average Bonchev–Trinajstić information content (AvgIpc) is 2.48. The lowest BCUT2D eigenvalue weighted by Crippen LogP contribution is -2.44. The van der Waals surface area contributed by atoms with Crippen molar-refractivity contribution in [3.05, 3.63) is 35.4 Å². The van der Waals surface area contributed by atoms with Crippen LogP contribution < -0.4 is 5.43 Å². The molecule has 0 saturated carbocycles. The SMILES string of the molecule is Cc1ccccc1C=NNC(=O)C1CCCN(S(C)(=O)=O)C1. The van der Waals surface area contributed by atoms with Crippen molar-refractivity contribution in [2.75, 3.05) is 19.3 Å². The first-order valence-electron chi connectivity index (χ1n) is 7.21. The molecule has 1 aliphatic rings. The van der Waals surface area contributed by atoms with E-state index in [1.807, 2.05) is 31.2 Å². The molecule has 1 unspecified atom stereocenters. The zero-order valence-corrected chi connectivity index (χ0v) is 13.6. The van der Waals surface area contributed by atoms with Gasteiger partial charge in [0.05, 0.1) is 18.4 Å². The monoisotopic (exact) mass is 323 g/mol. The first-order chi connectivity index (χ1) is 10.4. The van der Waals surface area contributed by atoms with Crippen LogP contribution >= 0.6 is 0 Å².